The number of nitriles is 2. The summed E-state index contributed by atoms with van der Waals surface area (Å²) in [4.78, 5) is 0. The van der Waals surface area contributed by atoms with Gasteiger partial charge in [-0.3, -0.25) is 5.32 Å². The number of nitrogens with zero attached hydrogens (tertiary/aromatic N) is 2. The molecule has 1 aliphatic rings. The van der Waals surface area contributed by atoms with Crippen LogP contribution in [-0.4, -0.2) is 12.1 Å². The van der Waals surface area contributed by atoms with Crippen molar-refractivity contribution in [1.82, 2.24) is 5.32 Å². The van der Waals surface area contributed by atoms with Crippen LogP contribution >= 0.6 is 0 Å². The Labute approximate surface area is 143 Å². The van der Waals surface area contributed by atoms with Gasteiger partial charge in [-0.15, -0.1) is 0 Å². The molecule has 2 aromatic rings. The molecule has 3 nitrogen and oxygen atoms in total. The average molecular weight is 315 g/mol. The molecule has 1 heterocycles. The van der Waals surface area contributed by atoms with Crippen molar-refractivity contribution < 1.29 is 0 Å². The molecule has 24 heavy (non-hydrogen) atoms. The SMILES string of the molecule is N#C[C@H]1CC(Cc2ccccc2)(Cc2ccccc2)C[C@H](C#N)N1. The molecule has 0 aromatic heterocycles. The van der Waals surface area contributed by atoms with Crippen molar-refractivity contribution >= 4 is 0 Å². The molecule has 0 aliphatic carbocycles. The second-order valence-corrected chi connectivity index (χ2v) is 6.76. The Morgan fingerprint density at radius 1 is 0.792 bits per heavy atom. The first-order valence-electron chi connectivity index (χ1n) is 8.36. The normalized spacial score (nSPS) is 22.2. The molecule has 1 saturated heterocycles. The van der Waals surface area contributed by atoms with E-state index in [1.807, 2.05) is 12.1 Å². The van der Waals surface area contributed by atoms with E-state index in [9.17, 15) is 10.5 Å². The molecule has 1 N–H and O–H groups in total. The Kier molecular flexibility index (Phi) is 4.94. The van der Waals surface area contributed by atoms with Crippen molar-refractivity contribution in [1.29, 1.82) is 10.5 Å². The Morgan fingerprint density at radius 3 is 1.58 bits per heavy atom. The van der Waals surface area contributed by atoms with Gasteiger partial charge in [0.05, 0.1) is 24.2 Å². The lowest BCUT2D eigenvalue weighted by Crippen LogP contribution is -2.50. The monoisotopic (exact) mass is 315 g/mol. The van der Waals surface area contributed by atoms with E-state index in [0.717, 1.165) is 25.7 Å². The lowest BCUT2D eigenvalue weighted by atomic mass is 9.66. The topological polar surface area (TPSA) is 59.6 Å². The molecule has 1 fully saturated rings. The van der Waals surface area contributed by atoms with Gasteiger partial charge in [-0.1, -0.05) is 60.7 Å². The van der Waals surface area contributed by atoms with E-state index in [1.54, 1.807) is 0 Å². The largest absolute Gasteiger partial charge is 0.287 e. The molecule has 0 amide bonds. The minimum Gasteiger partial charge on any atom is -0.287 e. The van der Waals surface area contributed by atoms with Gasteiger partial charge in [-0.05, 0) is 42.2 Å². The van der Waals surface area contributed by atoms with E-state index in [2.05, 4.69) is 66.0 Å². The summed E-state index contributed by atoms with van der Waals surface area (Å²) in [5, 5.41) is 22.1. The second-order valence-electron chi connectivity index (χ2n) is 6.76. The van der Waals surface area contributed by atoms with Gasteiger partial charge in [0.25, 0.3) is 0 Å². The van der Waals surface area contributed by atoms with Gasteiger partial charge in [0.15, 0.2) is 0 Å². The summed E-state index contributed by atoms with van der Waals surface area (Å²) in [5.74, 6) is 0. The van der Waals surface area contributed by atoms with Gasteiger partial charge in [0.2, 0.25) is 0 Å². The molecule has 1 aliphatic heterocycles. The smallest absolute Gasteiger partial charge is 0.0968 e. The summed E-state index contributed by atoms with van der Waals surface area (Å²) in [6.45, 7) is 0. The molecule has 0 spiro atoms. The van der Waals surface area contributed by atoms with Gasteiger partial charge in [-0.2, -0.15) is 10.5 Å². The minimum absolute atomic E-state index is 0.0747. The fraction of sp³-hybridized carbons (Fsp3) is 0.333. The van der Waals surface area contributed by atoms with E-state index in [1.165, 1.54) is 11.1 Å². The maximum Gasteiger partial charge on any atom is 0.0968 e. The molecule has 2 aromatic carbocycles. The molecule has 0 bridgehead atoms. The van der Waals surface area contributed by atoms with Crippen LogP contribution in [0.15, 0.2) is 60.7 Å². The lowest BCUT2D eigenvalue weighted by molar-refractivity contribution is 0.158. The molecule has 3 rings (SSSR count). The number of hydrogen-bond donors (Lipinski definition) is 1. The van der Waals surface area contributed by atoms with Crippen molar-refractivity contribution in [2.75, 3.05) is 0 Å². The summed E-state index contributed by atoms with van der Waals surface area (Å²) in [6, 6.07) is 24.9. The lowest BCUT2D eigenvalue weighted by Gasteiger charge is -2.42. The highest BCUT2D eigenvalue weighted by atomic mass is 15.0. The van der Waals surface area contributed by atoms with E-state index < -0.39 is 0 Å². The fourth-order valence-corrected chi connectivity index (χ4v) is 3.88. The maximum atomic E-state index is 9.45. The number of hydrogen-bond acceptors (Lipinski definition) is 3. The first-order chi connectivity index (χ1) is 11.7. The summed E-state index contributed by atoms with van der Waals surface area (Å²) in [6.07, 6.45) is 3.32. The molecule has 120 valence electrons. The van der Waals surface area contributed by atoms with Crippen molar-refractivity contribution in [3.05, 3.63) is 71.8 Å². The third-order valence-electron chi connectivity index (χ3n) is 4.83. The van der Waals surface area contributed by atoms with Crippen LogP contribution in [0.25, 0.3) is 0 Å². The molecule has 0 unspecified atom stereocenters. The van der Waals surface area contributed by atoms with Gasteiger partial charge in [0.1, 0.15) is 0 Å². The standard InChI is InChI=1S/C21H21N3/c22-15-19-13-21(14-20(16-23)24-19,11-17-7-3-1-4-8-17)12-18-9-5-2-6-10-18/h1-10,19-20,24H,11-14H2/t19-,20-/m1/s1. The minimum atomic E-state index is -0.268. The van der Waals surface area contributed by atoms with Gasteiger partial charge in [0, 0.05) is 0 Å². The highest BCUT2D eigenvalue weighted by Crippen LogP contribution is 2.40. The first kappa shape index (κ1) is 16.2. The zero-order chi connectivity index (χ0) is 16.8. The number of benzene rings is 2. The Morgan fingerprint density at radius 2 is 1.21 bits per heavy atom. The predicted molar refractivity (Wildman–Crippen MR) is 93.9 cm³/mol. The third kappa shape index (κ3) is 3.82. The molecule has 2 atom stereocenters. The number of nitrogens with one attached hydrogen (secondary N) is 1. The van der Waals surface area contributed by atoms with Crippen molar-refractivity contribution in [3.63, 3.8) is 0 Å². The molecular weight excluding hydrogens is 294 g/mol. The molecule has 0 radical (unpaired) electrons. The summed E-state index contributed by atoms with van der Waals surface area (Å²) >= 11 is 0. The van der Waals surface area contributed by atoms with Gasteiger partial charge >= 0.3 is 0 Å². The van der Waals surface area contributed by atoms with Crippen LogP contribution in [0, 0.1) is 28.1 Å². The summed E-state index contributed by atoms with van der Waals surface area (Å²) in [7, 11) is 0. The molecular formula is C21H21N3. The van der Waals surface area contributed by atoms with E-state index >= 15 is 0 Å². The van der Waals surface area contributed by atoms with E-state index in [0.29, 0.717) is 0 Å². The predicted octanol–water partition coefficient (Wildman–Crippen LogP) is 3.63. The van der Waals surface area contributed by atoms with Crippen LogP contribution in [0.1, 0.15) is 24.0 Å². The summed E-state index contributed by atoms with van der Waals surface area (Å²) in [5.41, 5.74) is 2.46. The highest BCUT2D eigenvalue weighted by Gasteiger charge is 2.40. The van der Waals surface area contributed by atoms with Crippen molar-refractivity contribution in [2.24, 2.45) is 5.41 Å². The zero-order valence-electron chi connectivity index (χ0n) is 13.7. The Bertz CT molecular complexity index is 675. The number of rotatable bonds is 4. The average Bonchev–Trinajstić information content (AvgIpc) is 2.62. The fourth-order valence-electron chi connectivity index (χ4n) is 3.88. The van der Waals surface area contributed by atoms with Crippen molar-refractivity contribution in [2.45, 2.75) is 37.8 Å². The van der Waals surface area contributed by atoms with E-state index in [4.69, 9.17) is 0 Å². The third-order valence-corrected chi connectivity index (χ3v) is 4.83. The van der Waals surface area contributed by atoms with Crippen LogP contribution < -0.4 is 5.32 Å². The second kappa shape index (κ2) is 7.30. The quantitative estimate of drug-likeness (QED) is 0.937. The van der Waals surface area contributed by atoms with Crippen LogP contribution in [-0.2, 0) is 12.8 Å². The van der Waals surface area contributed by atoms with Crippen LogP contribution in [0.5, 0.6) is 0 Å². The number of piperidine rings is 1. The zero-order valence-corrected chi connectivity index (χ0v) is 13.7. The Hall–Kier alpha value is -2.62. The Balaban J connectivity index is 1.93. The van der Waals surface area contributed by atoms with Crippen LogP contribution in [0.4, 0.5) is 0 Å². The van der Waals surface area contributed by atoms with Crippen LogP contribution in [0.2, 0.25) is 0 Å². The van der Waals surface area contributed by atoms with Crippen LogP contribution in [0.3, 0.4) is 0 Å². The summed E-state index contributed by atoms with van der Waals surface area (Å²) < 4.78 is 0. The highest BCUT2D eigenvalue weighted by molar-refractivity contribution is 5.23. The molecule has 3 heteroatoms. The molecule has 0 saturated carbocycles. The maximum absolute atomic E-state index is 9.45. The van der Waals surface area contributed by atoms with Gasteiger partial charge < -0.3 is 0 Å². The van der Waals surface area contributed by atoms with Gasteiger partial charge in [-0.25, -0.2) is 0 Å². The van der Waals surface area contributed by atoms with Crippen molar-refractivity contribution in [3.8, 4) is 12.1 Å². The van der Waals surface area contributed by atoms with E-state index in [-0.39, 0.29) is 17.5 Å². The first-order valence-corrected chi connectivity index (χ1v) is 8.36.